The molecule has 0 aromatic heterocycles. The maximum Gasteiger partial charge on any atom is 0.0697 e. The maximum atomic E-state index is 10.4. The quantitative estimate of drug-likeness (QED) is 0.635. The van der Waals surface area contributed by atoms with Crippen LogP contribution in [0.5, 0.6) is 0 Å². The first kappa shape index (κ1) is 23.6. The van der Waals surface area contributed by atoms with E-state index in [1.165, 1.54) is 0 Å². The molecule has 4 heteroatoms. The Balaban J connectivity index is -0.000000251. The molecule has 0 unspecified atom stereocenters. The summed E-state index contributed by atoms with van der Waals surface area (Å²) < 4.78 is 5.11. The second-order valence-electron chi connectivity index (χ2n) is 6.32. The van der Waals surface area contributed by atoms with Crippen LogP contribution in [-0.4, -0.2) is 30.7 Å². The fraction of sp³-hybridized carbons (Fsp3) is 0.857. The van der Waals surface area contributed by atoms with E-state index < -0.39 is 0 Å². The molecule has 3 nitrogen and oxygen atoms in total. The number of aliphatic hydroxyl groups excluding tert-OH is 1. The molecule has 0 aliphatic carbocycles. The van der Waals surface area contributed by atoms with Crippen LogP contribution in [0.1, 0.15) is 48.0 Å². The summed E-state index contributed by atoms with van der Waals surface area (Å²) in [5, 5.41) is 8.37. The molecule has 0 bridgehead atoms. The molecule has 0 saturated heterocycles. The van der Waals surface area contributed by atoms with Gasteiger partial charge < -0.3 is 21.6 Å². The minimum atomic E-state index is -0.250. The van der Waals surface area contributed by atoms with Crippen molar-refractivity contribution in [3.05, 3.63) is 6.92 Å². The SMILES string of the molecule is CC(C)(C)CCOCCO.[CH2-]C(=O)C(C)(C)C.[Y]. The largest absolute Gasteiger partial charge is 0.394 e. The minimum Gasteiger partial charge on any atom is -0.394 e. The van der Waals surface area contributed by atoms with Gasteiger partial charge in [-0.3, -0.25) is 0 Å². The summed E-state index contributed by atoms with van der Waals surface area (Å²) in [7, 11) is 0. The van der Waals surface area contributed by atoms with Gasteiger partial charge in [0.15, 0.2) is 0 Å². The van der Waals surface area contributed by atoms with Gasteiger partial charge in [0, 0.05) is 45.1 Å². The average molecular weight is 334 g/mol. The molecule has 107 valence electrons. The van der Waals surface area contributed by atoms with E-state index in [4.69, 9.17) is 9.84 Å². The van der Waals surface area contributed by atoms with Crippen molar-refractivity contribution in [2.24, 2.45) is 10.8 Å². The topological polar surface area (TPSA) is 46.5 Å². The Morgan fingerprint density at radius 2 is 1.50 bits per heavy atom. The van der Waals surface area contributed by atoms with Crippen LogP contribution in [0.2, 0.25) is 0 Å². The fourth-order valence-electron chi connectivity index (χ4n) is 0.545. The van der Waals surface area contributed by atoms with E-state index in [9.17, 15) is 4.79 Å². The summed E-state index contributed by atoms with van der Waals surface area (Å²) in [6, 6.07) is 0. The van der Waals surface area contributed by atoms with E-state index in [1.807, 2.05) is 20.8 Å². The summed E-state index contributed by atoms with van der Waals surface area (Å²) in [6.07, 6.45) is 1.05. The van der Waals surface area contributed by atoms with E-state index >= 15 is 0 Å². The normalized spacial score (nSPS) is 11.1. The number of hydrogen-bond acceptors (Lipinski definition) is 3. The Morgan fingerprint density at radius 3 is 1.72 bits per heavy atom. The molecule has 0 rings (SSSR count). The van der Waals surface area contributed by atoms with Crippen molar-refractivity contribution in [2.45, 2.75) is 48.0 Å². The van der Waals surface area contributed by atoms with Crippen LogP contribution in [0.3, 0.4) is 0 Å². The number of ketones is 1. The van der Waals surface area contributed by atoms with Gasteiger partial charge >= 0.3 is 0 Å². The Labute approximate surface area is 138 Å². The van der Waals surface area contributed by atoms with Crippen LogP contribution in [0.25, 0.3) is 0 Å². The molecular formula is C14H29O3Y-. The van der Waals surface area contributed by atoms with Crippen LogP contribution in [0.15, 0.2) is 0 Å². The Morgan fingerprint density at radius 1 is 1.11 bits per heavy atom. The van der Waals surface area contributed by atoms with Crippen molar-refractivity contribution < 1.29 is 47.3 Å². The van der Waals surface area contributed by atoms with E-state index in [2.05, 4.69) is 27.7 Å². The second kappa shape index (κ2) is 11.4. The van der Waals surface area contributed by atoms with Crippen molar-refractivity contribution >= 4 is 5.78 Å². The minimum absolute atomic E-state index is 0. The molecule has 0 aliphatic heterocycles. The van der Waals surface area contributed by atoms with E-state index in [0.717, 1.165) is 13.0 Å². The van der Waals surface area contributed by atoms with Gasteiger partial charge in [-0.15, -0.1) is 0 Å². The first-order valence-electron chi connectivity index (χ1n) is 6.05. The molecule has 18 heavy (non-hydrogen) atoms. The fourth-order valence-corrected chi connectivity index (χ4v) is 0.545. The summed E-state index contributed by atoms with van der Waals surface area (Å²) in [6.45, 7) is 16.7. The predicted octanol–water partition coefficient (Wildman–Crippen LogP) is 2.86. The zero-order valence-electron chi connectivity index (χ0n) is 12.9. The van der Waals surface area contributed by atoms with Gasteiger partial charge in [0.1, 0.15) is 0 Å². The van der Waals surface area contributed by atoms with Gasteiger partial charge in [0.25, 0.3) is 0 Å². The molecule has 1 N–H and O–H groups in total. The van der Waals surface area contributed by atoms with Gasteiger partial charge in [-0.1, -0.05) is 41.5 Å². The number of ether oxygens (including phenoxy) is 1. The van der Waals surface area contributed by atoms with Gasteiger partial charge in [-0.05, 0) is 17.3 Å². The Kier molecular flexibility index (Phi) is 15.0. The summed E-state index contributed by atoms with van der Waals surface area (Å²) >= 11 is 0. The molecule has 1 radical (unpaired) electrons. The van der Waals surface area contributed by atoms with Gasteiger partial charge in [0.05, 0.1) is 13.2 Å². The summed E-state index contributed by atoms with van der Waals surface area (Å²) in [5.74, 6) is -0.00694. The van der Waals surface area contributed by atoms with Crippen molar-refractivity contribution in [3.63, 3.8) is 0 Å². The average Bonchev–Trinajstić information content (AvgIpc) is 2.10. The smallest absolute Gasteiger partial charge is 0.0697 e. The van der Waals surface area contributed by atoms with Gasteiger partial charge in [-0.2, -0.15) is 0 Å². The van der Waals surface area contributed by atoms with Gasteiger partial charge in [-0.25, -0.2) is 0 Å². The standard InChI is InChI=1S/C8H18O2.C6H11O.Y/c1-8(2,3)4-6-10-7-5-9;1-5(7)6(2,3)4;/h9H,4-7H2,1-3H3;1H2,2-4H3;/q;-1;. The molecule has 0 amide bonds. The van der Waals surface area contributed by atoms with Crippen molar-refractivity contribution in [1.29, 1.82) is 0 Å². The van der Waals surface area contributed by atoms with Crippen molar-refractivity contribution in [1.82, 2.24) is 0 Å². The molecular weight excluding hydrogens is 305 g/mol. The third kappa shape index (κ3) is 21.8. The third-order valence-electron chi connectivity index (χ3n) is 2.07. The number of carbonyl (C=O) groups is 1. The van der Waals surface area contributed by atoms with E-state index in [-0.39, 0.29) is 50.5 Å². The molecule has 0 heterocycles. The molecule has 0 spiro atoms. The molecule has 0 fully saturated rings. The Hall–Kier alpha value is 0.564. The number of Topliss-reactive ketones (excluding diaryl/α,β-unsaturated/α-hetero) is 1. The molecule has 0 aromatic rings. The van der Waals surface area contributed by atoms with Gasteiger partial charge in [0.2, 0.25) is 0 Å². The first-order chi connectivity index (χ1) is 7.50. The van der Waals surface area contributed by atoms with Crippen molar-refractivity contribution in [2.75, 3.05) is 19.8 Å². The predicted molar refractivity (Wildman–Crippen MR) is 71.8 cm³/mol. The second-order valence-corrected chi connectivity index (χ2v) is 6.32. The number of hydrogen-bond donors (Lipinski definition) is 1. The number of rotatable bonds is 4. The first-order valence-corrected chi connectivity index (χ1v) is 6.05. The van der Waals surface area contributed by atoms with Crippen LogP contribution >= 0.6 is 0 Å². The number of aliphatic hydroxyl groups is 1. The summed E-state index contributed by atoms with van der Waals surface area (Å²) in [5.41, 5.74) is 0.0927. The third-order valence-corrected chi connectivity index (χ3v) is 2.07. The molecule has 0 atom stereocenters. The molecule has 0 aromatic carbocycles. The van der Waals surface area contributed by atoms with Crippen LogP contribution in [-0.2, 0) is 42.2 Å². The van der Waals surface area contributed by atoms with Crippen LogP contribution in [0.4, 0.5) is 0 Å². The van der Waals surface area contributed by atoms with E-state index in [1.54, 1.807) is 0 Å². The zero-order chi connectivity index (χ0) is 14.1. The summed E-state index contributed by atoms with van der Waals surface area (Å²) in [4.78, 5) is 10.4. The molecule has 0 aliphatic rings. The zero-order valence-corrected chi connectivity index (χ0v) is 15.7. The monoisotopic (exact) mass is 334 g/mol. The molecule has 0 saturated carbocycles. The number of carbonyl (C=O) groups excluding carboxylic acids is 1. The van der Waals surface area contributed by atoms with Crippen molar-refractivity contribution in [3.8, 4) is 0 Å². The Bertz CT molecular complexity index is 202. The van der Waals surface area contributed by atoms with E-state index in [0.29, 0.717) is 12.0 Å². The van der Waals surface area contributed by atoms with Crippen LogP contribution in [0, 0.1) is 17.8 Å². The maximum absolute atomic E-state index is 10.4. The van der Waals surface area contributed by atoms with Crippen LogP contribution < -0.4 is 0 Å².